The van der Waals surface area contributed by atoms with Crippen molar-refractivity contribution < 1.29 is 8.42 Å². The van der Waals surface area contributed by atoms with E-state index in [0.29, 0.717) is 13.1 Å². The van der Waals surface area contributed by atoms with Crippen molar-refractivity contribution in [1.82, 2.24) is 14.9 Å². The van der Waals surface area contributed by atoms with Crippen LogP contribution in [0.4, 0.5) is 0 Å². The molecule has 0 aliphatic rings. The zero-order valence-corrected chi connectivity index (χ0v) is 16.9. The van der Waals surface area contributed by atoms with E-state index < -0.39 is 10.0 Å². The summed E-state index contributed by atoms with van der Waals surface area (Å²) in [6, 6.07) is 6.58. The molecule has 0 atom stereocenters. The molecule has 0 heterocycles. The summed E-state index contributed by atoms with van der Waals surface area (Å²) in [6.07, 6.45) is 1.66. The molecule has 0 fully saturated rings. The van der Waals surface area contributed by atoms with Crippen LogP contribution in [0, 0.1) is 13.8 Å². The van der Waals surface area contributed by atoms with Crippen molar-refractivity contribution in [1.29, 1.82) is 0 Å². The lowest BCUT2D eigenvalue weighted by Gasteiger charge is -2.17. The minimum Gasteiger partial charge on any atom is -0.356 e. The summed E-state index contributed by atoms with van der Waals surface area (Å²) in [5.74, 6) is 0.879. The molecule has 142 valence electrons. The van der Waals surface area contributed by atoms with E-state index in [1.807, 2.05) is 0 Å². The van der Waals surface area contributed by atoms with Crippen molar-refractivity contribution in [3.05, 3.63) is 34.9 Å². The van der Waals surface area contributed by atoms with Crippen LogP contribution in [0.15, 0.2) is 23.2 Å². The number of benzene rings is 1. The Morgan fingerprint density at radius 1 is 1.12 bits per heavy atom. The van der Waals surface area contributed by atoms with Crippen LogP contribution in [0.2, 0.25) is 0 Å². The molecule has 1 aromatic carbocycles. The van der Waals surface area contributed by atoms with E-state index in [-0.39, 0.29) is 5.75 Å². The maximum absolute atomic E-state index is 11.7. The molecule has 25 heavy (non-hydrogen) atoms. The Balaban J connectivity index is 2.31. The summed E-state index contributed by atoms with van der Waals surface area (Å²) in [7, 11) is 0.260. The van der Waals surface area contributed by atoms with E-state index in [4.69, 9.17) is 0 Å². The van der Waals surface area contributed by atoms with Crippen LogP contribution in [0.5, 0.6) is 0 Å². The van der Waals surface area contributed by atoms with Gasteiger partial charge in [-0.05, 0) is 39.2 Å². The summed E-state index contributed by atoms with van der Waals surface area (Å²) >= 11 is 0. The predicted molar refractivity (Wildman–Crippen MR) is 106 cm³/mol. The number of rotatable bonds is 9. The van der Waals surface area contributed by atoms with Crippen LogP contribution in [-0.2, 0) is 16.4 Å². The molecule has 1 rings (SSSR count). The Hall–Kier alpha value is -1.60. The van der Waals surface area contributed by atoms with Crippen LogP contribution in [0.25, 0.3) is 0 Å². The standard InChI is InChI=1S/C18H32N4O2S/c1-6-25(23,24)22(5)11-7-9-20-18(19-4)21-10-8-17-13-15(2)12-16(3)14-17/h12-14H,6-11H2,1-5H3,(H2,19,20,21). The molecule has 0 aliphatic carbocycles. The van der Waals surface area contributed by atoms with Gasteiger partial charge in [0.1, 0.15) is 0 Å². The molecule has 0 radical (unpaired) electrons. The molecule has 0 unspecified atom stereocenters. The molecule has 0 aliphatic heterocycles. The first-order valence-corrected chi connectivity index (χ1v) is 10.3. The Morgan fingerprint density at radius 2 is 1.72 bits per heavy atom. The van der Waals surface area contributed by atoms with Crippen LogP contribution in [-0.4, -0.2) is 58.2 Å². The topological polar surface area (TPSA) is 73.8 Å². The number of nitrogens with zero attached hydrogens (tertiary/aromatic N) is 2. The highest BCUT2D eigenvalue weighted by molar-refractivity contribution is 7.89. The monoisotopic (exact) mass is 368 g/mol. The average Bonchev–Trinajstić information content (AvgIpc) is 2.55. The summed E-state index contributed by atoms with van der Waals surface area (Å²) in [6.45, 7) is 7.86. The van der Waals surface area contributed by atoms with Crippen molar-refractivity contribution in [2.75, 3.05) is 39.5 Å². The largest absolute Gasteiger partial charge is 0.356 e. The molecule has 0 spiro atoms. The van der Waals surface area contributed by atoms with Crippen LogP contribution < -0.4 is 10.6 Å². The highest BCUT2D eigenvalue weighted by Crippen LogP contribution is 2.08. The minimum atomic E-state index is -3.10. The van der Waals surface area contributed by atoms with E-state index >= 15 is 0 Å². The number of aryl methyl sites for hydroxylation is 2. The molecule has 2 N–H and O–H groups in total. The number of sulfonamides is 1. The van der Waals surface area contributed by atoms with E-state index in [2.05, 4.69) is 47.7 Å². The second-order valence-corrected chi connectivity index (χ2v) is 8.61. The quantitative estimate of drug-likeness (QED) is 0.395. The van der Waals surface area contributed by atoms with Gasteiger partial charge in [0.05, 0.1) is 5.75 Å². The van der Waals surface area contributed by atoms with Crippen LogP contribution in [0.3, 0.4) is 0 Å². The maximum Gasteiger partial charge on any atom is 0.213 e. The van der Waals surface area contributed by atoms with Gasteiger partial charge in [0.25, 0.3) is 0 Å². The molecule has 1 aromatic rings. The van der Waals surface area contributed by atoms with Crippen molar-refractivity contribution >= 4 is 16.0 Å². The van der Waals surface area contributed by atoms with Crippen molar-refractivity contribution in [3.63, 3.8) is 0 Å². The van der Waals surface area contributed by atoms with Gasteiger partial charge in [-0.1, -0.05) is 29.3 Å². The van der Waals surface area contributed by atoms with Gasteiger partial charge in [-0.15, -0.1) is 0 Å². The number of hydrogen-bond donors (Lipinski definition) is 2. The van der Waals surface area contributed by atoms with E-state index in [9.17, 15) is 8.42 Å². The van der Waals surface area contributed by atoms with Crippen molar-refractivity contribution in [2.24, 2.45) is 4.99 Å². The number of hydrogen-bond acceptors (Lipinski definition) is 3. The molecule has 0 amide bonds. The number of guanidine groups is 1. The third-order valence-corrected chi connectivity index (χ3v) is 5.86. The van der Waals surface area contributed by atoms with Gasteiger partial charge in [-0.3, -0.25) is 4.99 Å². The fourth-order valence-corrected chi connectivity index (χ4v) is 3.48. The molecule has 0 saturated carbocycles. The minimum absolute atomic E-state index is 0.137. The van der Waals surface area contributed by atoms with E-state index in [1.165, 1.54) is 21.0 Å². The van der Waals surface area contributed by atoms with Crippen molar-refractivity contribution in [2.45, 2.75) is 33.6 Å². The molecule has 6 nitrogen and oxygen atoms in total. The highest BCUT2D eigenvalue weighted by atomic mass is 32.2. The number of aliphatic imine (C=N–C) groups is 1. The van der Waals surface area contributed by atoms with Gasteiger partial charge in [-0.2, -0.15) is 0 Å². The van der Waals surface area contributed by atoms with Gasteiger partial charge in [-0.25, -0.2) is 12.7 Å². The lowest BCUT2D eigenvalue weighted by Crippen LogP contribution is -2.39. The zero-order chi connectivity index (χ0) is 18.9. The summed E-state index contributed by atoms with van der Waals surface area (Å²) in [5, 5.41) is 6.51. The molecule has 0 saturated heterocycles. The molecule has 0 bridgehead atoms. The highest BCUT2D eigenvalue weighted by Gasteiger charge is 2.13. The number of nitrogens with one attached hydrogen (secondary N) is 2. The van der Waals surface area contributed by atoms with Gasteiger partial charge >= 0.3 is 0 Å². The lowest BCUT2D eigenvalue weighted by atomic mass is 10.1. The smallest absolute Gasteiger partial charge is 0.213 e. The normalized spacial score (nSPS) is 12.5. The maximum atomic E-state index is 11.7. The van der Waals surface area contributed by atoms with Crippen LogP contribution >= 0.6 is 0 Å². The first-order valence-electron chi connectivity index (χ1n) is 8.74. The van der Waals surface area contributed by atoms with Gasteiger partial charge < -0.3 is 10.6 Å². The Labute approximate surface area is 152 Å². The van der Waals surface area contributed by atoms with Gasteiger partial charge in [0.15, 0.2) is 5.96 Å². The second-order valence-electron chi connectivity index (χ2n) is 6.25. The molecular formula is C18H32N4O2S. The second kappa shape index (κ2) is 10.4. The first-order chi connectivity index (χ1) is 11.8. The van der Waals surface area contributed by atoms with Crippen molar-refractivity contribution in [3.8, 4) is 0 Å². The average molecular weight is 369 g/mol. The van der Waals surface area contributed by atoms with Gasteiger partial charge in [0, 0.05) is 33.7 Å². The Bertz CT molecular complexity index is 651. The zero-order valence-electron chi connectivity index (χ0n) is 16.1. The fraction of sp³-hybridized carbons (Fsp3) is 0.611. The third-order valence-electron chi connectivity index (χ3n) is 3.99. The molecular weight excluding hydrogens is 336 g/mol. The lowest BCUT2D eigenvalue weighted by molar-refractivity contribution is 0.461. The van der Waals surface area contributed by atoms with E-state index in [0.717, 1.165) is 25.3 Å². The summed E-state index contributed by atoms with van der Waals surface area (Å²) in [4.78, 5) is 4.20. The van der Waals surface area contributed by atoms with E-state index in [1.54, 1.807) is 21.0 Å². The summed E-state index contributed by atoms with van der Waals surface area (Å²) < 4.78 is 24.8. The van der Waals surface area contributed by atoms with Crippen LogP contribution in [0.1, 0.15) is 30.0 Å². The Kier molecular flexibility index (Phi) is 8.92. The molecule has 0 aromatic heterocycles. The Morgan fingerprint density at radius 3 is 2.28 bits per heavy atom. The predicted octanol–water partition coefficient (Wildman–Crippen LogP) is 1.68. The molecule has 7 heteroatoms. The summed E-state index contributed by atoms with van der Waals surface area (Å²) in [5.41, 5.74) is 3.87. The first kappa shape index (κ1) is 21.4. The van der Waals surface area contributed by atoms with Gasteiger partial charge in [0.2, 0.25) is 10.0 Å². The third kappa shape index (κ3) is 7.88. The fourth-order valence-electron chi connectivity index (χ4n) is 2.63. The SMILES string of the molecule is CCS(=O)(=O)N(C)CCCNC(=NC)NCCc1cc(C)cc(C)c1.